The summed E-state index contributed by atoms with van der Waals surface area (Å²) in [5.74, 6) is 1.26. The van der Waals surface area contributed by atoms with Crippen molar-refractivity contribution in [3.63, 3.8) is 0 Å². The zero-order valence-corrected chi connectivity index (χ0v) is 12.0. The molecule has 110 valence electrons. The molecule has 0 heterocycles. The Bertz CT molecular complexity index is 654. The van der Waals surface area contributed by atoms with Gasteiger partial charge in [0.2, 0.25) is 0 Å². The van der Waals surface area contributed by atoms with Crippen LogP contribution in [0.15, 0.2) is 47.6 Å². The lowest BCUT2D eigenvalue weighted by Crippen LogP contribution is -2.14. The average molecular weight is 286 g/mol. The highest BCUT2D eigenvalue weighted by Gasteiger charge is 2.12. The average Bonchev–Trinajstić information content (AvgIpc) is 2.49. The second kappa shape index (κ2) is 6.76. The minimum atomic E-state index is 0.0155. The van der Waals surface area contributed by atoms with Crippen molar-refractivity contribution in [3.8, 4) is 11.5 Å². The minimum absolute atomic E-state index is 0.0155. The first-order valence-electron chi connectivity index (χ1n) is 6.49. The predicted molar refractivity (Wildman–Crippen MR) is 80.9 cm³/mol. The molecule has 0 atom stereocenters. The SMILES string of the molecule is COCc1cccc(Oc2c(C)cccc2/C(N)=N/O)c1. The molecule has 0 aliphatic rings. The molecule has 5 heteroatoms. The Morgan fingerprint density at radius 1 is 1.24 bits per heavy atom. The summed E-state index contributed by atoms with van der Waals surface area (Å²) in [6, 6.07) is 13.1. The fraction of sp³-hybridized carbons (Fsp3) is 0.188. The number of methoxy groups -OCH3 is 1. The summed E-state index contributed by atoms with van der Waals surface area (Å²) in [5.41, 5.74) is 8.15. The normalized spacial score (nSPS) is 11.4. The zero-order chi connectivity index (χ0) is 15.2. The first kappa shape index (κ1) is 14.9. The fourth-order valence-electron chi connectivity index (χ4n) is 2.03. The first-order chi connectivity index (χ1) is 10.2. The quantitative estimate of drug-likeness (QED) is 0.383. The van der Waals surface area contributed by atoms with Crippen LogP contribution in [-0.4, -0.2) is 18.2 Å². The number of para-hydroxylation sites is 1. The van der Waals surface area contributed by atoms with Gasteiger partial charge < -0.3 is 20.4 Å². The monoisotopic (exact) mass is 286 g/mol. The van der Waals surface area contributed by atoms with Crippen molar-refractivity contribution in [2.75, 3.05) is 7.11 Å². The zero-order valence-electron chi connectivity index (χ0n) is 12.0. The van der Waals surface area contributed by atoms with E-state index in [0.29, 0.717) is 23.7 Å². The highest BCUT2D eigenvalue weighted by molar-refractivity contribution is 6.00. The second-order valence-electron chi connectivity index (χ2n) is 4.62. The van der Waals surface area contributed by atoms with Crippen molar-refractivity contribution in [2.45, 2.75) is 13.5 Å². The smallest absolute Gasteiger partial charge is 0.173 e. The van der Waals surface area contributed by atoms with E-state index in [1.807, 2.05) is 43.3 Å². The largest absolute Gasteiger partial charge is 0.456 e. The van der Waals surface area contributed by atoms with Gasteiger partial charge in [0.25, 0.3) is 0 Å². The Kier molecular flexibility index (Phi) is 4.79. The molecule has 0 unspecified atom stereocenters. The van der Waals surface area contributed by atoms with Crippen LogP contribution in [0.5, 0.6) is 11.5 Å². The number of benzene rings is 2. The molecule has 0 fully saturated rings. The van der Waals surface area contributed by atoms with Crippen LogP contribution >= 0.6 is 0 Å². The minimum Gasteiger partial charge on any atom is -0.456 e. The van der Waals surface area contributed by atoms with Gasteiger partial charge in [-0.25, -0.2) is 0 Å². The molecule has 0 saturated carbocycles. The Hall–Kier alpha value is -2.53. The number of ether oxygens (including phenoxy) is 2. The number of nitrogens with two attached hydrogens (primary N) is 1. The van der Waals surface area contributed by atoms with Gasteiger partial charge in [-0.3, -0.25) is 0 Å². The van der Waals surface area contributed by atoms with Gasteiger partial charge in [0.15, 0.2) is 5.84 Å². The first-order valence-corrected chi connectivity index (χ1v) is 6.49. The van der Waals surface area contributed by atoms with Crippen molar-refractivity contribution < 1.29 is 14.7 Å². The van der Waals surface area contributed by atoms with Crippen molar-refractivity contribution in [3.05, 3.63) is 59.2 Å². The summed E-state index contributed by atoms with van der Waals surface area (Å²) in [7, 11) is 1.64. The number of nitrogens with zero attached hydrogens (tertiary/aromatic N) is 1. The summed E-state index contributed by atoms with van der Waals surface area (Å²) >= 11 is 0. The number of hydrogen-bond acceptors (Lipinski definition) is 4. The number of oxime groups is 1. The van der Waals surface area contributed by atoms with E-state index in [0.717, 1.165) is 11.1 Å². The Labute approximate surface area is 123 Å². The van der Waals surface area contributed by atoms with Crippen LogP contribution in [0.2, 0.25) is 0 Å². The lowest BCUT2D eigenvalue weighted by atomic mass is 10.1. The molecule has 0 aliphatic heterocycles. The van der Waals surface area contributed by atoms with E-state index < -0.39 is 0 Å². The van der Waals surface area contributed by atoms with E-state index in [-0.39, 0.29) is 5.84 Å². The third-order valence-corrected chi connectivity index (χ3v) is 3.02. The topological polar surface area (TPSA) is 77.1 Å². The van der Waals surface area contributed by atoms with Crippen molar-refractivity contribution in [1.82, 2.24) is 0 Å². The highest BCUT2D eigenvalue weighted by Crippen LogP contribution is 2.29. The molecule has 0 bridgehead atoms. The number of rotatable bonds is 5. The third-order valence-electron chi connectivity index (χ3n) is 3.02. The summed E-state index contributed by atoms with van der Waals surface area (Å²) in [6.45, 7) is 2.42. The van der Waals surface area contributed by atoms with E-state index in [1.54, 1.807) is 13.2 Å². The number of amidine groups is 1. The maximum Gasteiger partial charge on any atom is 0.173 e. The van der Waals surface area contributed by atoms with Crippen LogP contribution in [0.25, 0.3) is 0 Å². The van der Waals surface area contributed by atoms with Crippen LogP contribution < -0.4 is 10.5 Å². The molecule has 5 nitrogen and oxygen atoms in total. The predicted octanol–water partition coefficient (Wildman–Crippen LogP) is 3.03. The van der Waals surface area contributed by atoms with Gasteiger partial charge in [0.1, 0.15) is 11.5 Å². The van der Waals surface area contributed by atoms with Crippen LogP contribution in [-0.2, 0) is 11.3 Å². The van der Waals surface area contributed by atoms with E-state index in [2.05, 4.69) is 5.16 Å². The van der Waals surface area contributed by atoms with E-state index >= 15 is 0 Å². The highest BCUT2D eigenvalue weighted by atomic mass is 16.5. The third kappa shape index (κ3) is 3.52. The van der Waals surface area contributed by atoms with Crippen LogP contribution in [0.4, 0.5) is 0 Å². The van der Waals surface area contributed by atoms with Gasteiger partial charge in [-0.1, -0.05) is 29.4 Å². The molecule has 0 aliphatic carbocycles. The summed E-state index contributed by atoms with van der Waals surface area (Å²) < 4.78 is 11.0. The molecule has 0 saturated heterocycles. The van der Waals surface area contributed by atoms with Crippen molar-refractivity contribution in [1.29, 1.82) is 0 Å². The molecule has 3 N–H and O–H groups in total. The van der Waals surface area contributed by atoms with E-state index in [1.165, 1.54) is 0 Å². The molecular weight excluding hydrogens is 268 g/mol. The standard InChI is InChI=1S/C16H18N2O3/c1-11-5-3-8-14(16(17)18-19)15(11)21-13-7-4-6-12(9-13)10-20-2/h3-9,19H,10H2,1-2H3,(H2,17,18). The lowest BCUT2D eigenvalue weighted by molar-refractivity contribution is 0.184. The van der Waals surface area contributed by atoms with Gasteiger partial charge in [-0.15, -0.1) is 0 Å². The van der Waals surface area contributed by atoms with Crippen LogP contribution in [0, 0.1) is 6.92 Å². The molecule has 0 spiro atoms. The van der Waals surface area contributed by atoms with Crippen molar-refractivity contribution in [2.24, 2.45) is 10.9 Å². The summed E-state index contributed by atoms with van der Waals surface area (Å²) in [4.78, 5) is 0. The molecule has 0 amide bonds. The summed E-state index contributed by atoms with van der Waals surface area (Å²) in [5, 5.41) is 11.9. The molecule has 2 aromatic carbocycles. The Morgan fingerprint density at radius 2 is 2.00 bits per heavy atom. The van der Waals surface area contributed by atoms with Crippen LogP contribution in [0.1, 0.15) is 16.7 Å². The van der Waals surface area contributed by atoms with Crippen molar-refractivity contribution >= 4 is 5.84 Å². The molecule has 0 aromatic heterocycles. The van der Waals surface area contributed by atoms with E-state index in [9.17, 15) is 0 Å². The molecule has 0 radical (unpaired) electrons. The number of hydrogen-bond donors (Lipinski definition) is 2. The second-order valence-corrected chi connectivity index (χ2v) is 4.62. The Balaban J connectivity index is 2.37. The lowest BCUT2D eigenvalue weighted by Gasteiger charge is -2.13. The molecule has 2 aromatic rings. The van der Waals surface area contributed by atoms with E-state index in [4.69, 9.17) is 20.4 Å². The van der Waals surface area contributed by atoms with Gasteiger partial charge in [0.05, 0.1) is 12.2 Å². The maximum atomic E-state index is 8.87. The summed E-state index contributed by atoms with van der Waals surface area (Å²) in [6.07, 6.45) is 0. The molecular formula is C16H18N2O3. The maximum absolute atomic E-state index is 8.87. The molecule has 21 heavy (non-hydrogen) atoms. The Morgan fingerprint density at radius 3 is 2.71 bits per heavy atom. The fourth-order valence-corrected chi connectivity index (χ4v) is 2.03. The number of aryl methyl sites for hydroxylation is 1. The van der Waals surface area contributed by atoms with Gasteiger partial charge in [0, 0.05) is 7.11 Å². The van der Waals surface area contributed by atoms with Gasteiger partial charge in [-0.05, 0) is 36.2 Å². The van der Waals surface area contributed by atoms with Gasteiger partial charge in [-0.2, -0.15) is 0 Å². The van der Waals surface area contributed by atoms with Gasteiger partial charge >= 0.3 is 0 Å². The van der Waals surface area contributed by atoms with Crippen LogP contribution in [0.3, 0.4) is 0 Å². The molecule has 2 rings (SSSR count).